The van der Waals surface area contributed by atoms with Gasteiger partial charge in [0, 0.05) is 12.8 Å². The molecule has 9 nitrogen and oxygen atoms in total. The molecule has 0 saturated heterocycles. The minimum absolute atomic E-state index is 0.0298. The Labute approximate surface area is 524 Å². The second-order valence-corrected chi connectivity index (χ2v) is 25.8. The van der Waals surface area contributed by atoms with Crippen LogP contribution in [0.15, 0.2) is 122 Å². The Morgan fingerprint density at radius 1 is 0.424 bits per heavy atom. The third kappa shape index (κ3) is 64.7. The lowest BCUT2D eigenvalue weighted by Crippen LogP contribution is -2.47. The summed E-state index contributed by atoms with van der Waals surface area (Å²) in [6, 6.07) is -0.869. The molecular formula is C75H132N2O7P+. The minimum Gasteiger partial charge on any atom is -0.456 e. The number of nitrogens with one attached hydrogen (secondary N) is 1. The van der Waals surface area contributed by atoms with Gasteiger partial charge in [-0.15, -0.1) is 0 Å². The third-order valence-electron chi connectivity index (χ3n) is 14.9. The zero-order chi connectivity index (χ0) is 62.1. The van der Waals surface area contributed by atoms with E-state index < -0.39 is 20.0 Å². The average Bonchev–Trinajstić information content (AvgIpc) is 3.52. The monoisotopic (exact) mass is 1200 g/mol. The van der Waals surface area contributed by atoms with Crippen LogP contribution in [0.5, 0.6) is 0 Å². The van der Waals surface area contributed by atoms with Crippen molar-refractivity contribution in [3.05, 3.63) is 122 Å². The number of rotatable bonds is 62. The van der Waals surface area contributed by atoms with Gasteiger partial charge in [0.15, 0.2) is 0 Å². The number of carbonyl (C=O) groups excluding carboxylic acids is 2. The average molecular weight is 1200 g/mol. The Hall–Kier alpha value is -3.59. The summed E-state index contributed by atoms with van der Waals surface area (Å²) in [7, 11) is 1.47. The predicted molar refractivity (Wildman–Crippen MR) is 369 cm³/mol. The number of phosphoric ester groups is 1. The first-order valence-corrected chi connectivity index (χ1v) is 36.4. The maximum atomic E-state index is 13.6. The molecule has 0 fully saturated rings. The Morgan fingerprint density at radius 3 is 1.15 bits per heavy atom. The lowest BCUT2D eigenvalue weighted by Gasteiger charge is -2.27. The number of unbranched alkanes of at least 4 members (excludes halogenated alkanes) is 28. The molecule has 85 heavy (non-hydrogen) atoms. The molecular weight excluding hydrogens is 1070 g/mol. The summed E-state index contributed by atoms with van der Waals surface area (Å²) in [6.07, 6.45) is 89.1. The van der Waals surface area contributed by atoms with Crippen LogP contribution in [-0.2, 0) is 27.9 Å². The lowest BCUT2D eigenvalue weighted by molar-refractivity contribution is -0.870. The van der Waals surface area contributed by atoms with Crippen molar-refractivity contribution in [3.63, 3.8) is 0 Å². The summed E-state index contributed by atoms with van der Waals surface area (Å²) in [4.78, 5) is 37.9. The topological polar surface area (TPSA) is 111 Å². The molecule has 0 saturated carbocycles. The van der Waals surface area contributed by atoms with Gasteiger partial charge >= 0.3 is 13.8 Å². The predicted octanol–water partition coefficient (Wildman–Crippen LogP) is 22.2. The van der Waals surface area contributed by atoms with Gasteiger partial charge in [0.2, 0.25) is 5.91 Å². The number of hydrogen-bond donors (Lipinski definition) is 2. The highest BCUT2D eigenvalue weighted by molar-refractivity contribution is 7.47. The van der Waals surface area contributed by atoms with Gasteiger partial charge in [0.25, 0.3) is 0 Å². The van der Waals surface area contributed by atoms with E-state index >= 15 is 0 Å². The second-order valence-electron chi connectivity index (χ2n) is 24.3. The molecule has 3 unspecified atom stereocenters. The fraction of sp³-hybridized carbons (Fsp3) is 0.707. The van der Waals surface area contributed by atoms with Crippen LogP contribution in [0.3, 0.4) is 0 Å². The zero-order valence-electron chi connectivity index (χ0n) is 55.8. The van der Waals surface area contributed by atoms with E-state index in [2.05, 4.69) is 135 Å². The van der Waals surface area contributed by atoms with Crippen molar-refractivity contribution in [3.8, 4) is 0 Å². The second kappa shape index (κ2) is 63.4. The Morgan fingerprint density at radius 2 is 0.753 bits per heavy atom. The summed E-state index contributed by atoms with van der Waals surface area (Å²) in [5, 5.41) is 3.06. The van der Waals surface area contributed by atoms with Gasteiger partial charge in [-0.25, -0.2) is 4.57 Å². The molecule has 0 aromatic heterocycles. The smallest absolute Gasteiger partial charge is 0.456 e. The molecule has 2 N–H and O–H groups in total. The normalized spacial score (nSPS) is 14.3. The molecule has 0 aliphatic rings. The Kier molecular flexibility index (Phi) is 60.8. The van der Waals surface area contributed by atoms with Gasteiger partial charge in [-0.2, -0.15) is 0 Å². The van der Waals surface area contributed by atoms with E-state index in [1.807, 2.05) is 33.3 Å². The number of hydrogen-bond acceptors (Lipinski definition) is 6. The van der Waals surface area contributed by atoms with Crippen molar-refractivity contribution in [2.24, 2.45) is 0 Å². The van der Waals surface area contributed by atoms with Crippen molar-refractivity contribution in [1.29, 1.82) is 0 Å². The number of amides is 1. The first-order valence-electron chi connectivity index (χ1n) is 34.9. The van der Waals surface area contributed by atoms with Crippen LogP contribution in [0.2, 0.25) is 0 Å². The van der Waals surface area contributed by atoms with Crippen LogP contribution in [0, 0.1) is 0 Å². The van der Waals surface area contributed by atoms with E-state index in [-0.39, 0.29) is 31.5 Å². The molecule has 0 heterocycles. The molecule has 0 aromatic carbocycles. The Balaban J connectivity index is 5.22. The largest absolute Gasteiger partial charge is 0.472 e. The number of ether oxygens (including phenoxy) is 1. The highest BCUT2D eigenvalue weighted by atomic mass is 31.2. The van der Waals surface area contributed by atoms with E-state index in [4.69, 9.17) is 13.8 Å². The van der Waals surface area contributed by atoms with Crippen LogP contribution in [0.25, 0.3) is 0 Å². The first kappa shape index (κ1) is 81.4. The van der Waals surface area contributed by atoms with Crippen molar-refractivity contribution in [1.82, 2.24) is 5.32 Å². The van der Waals surface area contributed by atoms with Crippen molar-refractivity contribution >= 4 is 19.7 Å². The van der Waals surface area contributed by atoms with Crippen LogP contribution >= 0.6 is 7.82 Å². The van der Waals surface area contributed by atoms with Crippen LogP contribution in [0.4, 0.5) is 0 Å². The van der Waals surface area contributed by atoms with E-state index in [1.165, 1.54) is 122 Å². The highest BCUT2D eigenvalue weighted by Crippen LogP contribution is 2.43. The van der Waals surface area contributed by atoms with Crippen LogP contribution in [-0.4, -0.2) is 74.3 Å². The molecule has 0 spiro atoms. The van der Waals surface area contributed by atoms with Gasteiger partial charge in [-0.3, -0.25) is 18.6 Å². The molecule has 0 aromatic rings. The molecule has 10 heteroatoms. The minimum atomic E-state index is -4.47. The maximum absolute atomic E-state index is 13.6. The number of phosphoric acid groups is 1. The number of nitrogens with zero attached hydrogens (tertiary/aromatic N) is 1. The summed E-state index contributed by atoms with van der Waals surface area (Å²) in [5.74, 6) is -0.532. The first-order chi connectivity index (χ1) is 41.4. The van der Waals surface area contributed by atoms with E-state index in [1.54, 1.807) is 0 Å². The van der Waals surface area contributed by atoms with E-state index in [0.29, 0.717) is 17.4 Å². The zero-order valence-corrected chi connectivity index (χ0v) is 56.7. The van der Waals surface area contributed by atoms with Gasteiger partial charge < -0.3 is 19.4 Å². The fourth-order valence-electron chi connectivity index (χ4n) is 9.54. The van der Waals surface area contributed by atoms with Crippen molar-refractivity contribution in [2.45, 2.75) is 303 Å². The molecule has 0 bridgehead atoms. The van der Waals surface area contributed by atoms with Gasteiger partial charge in [0.1, 0.15) is 19.3 Å². The van der Waals surface area contributed by atoms with Crippen molar-refractivity contribution < 1.29 is 37.3 Å². The summed E-state index contributed by atoms with van der Waals surface area (Å²) in [5.41, 5.74) is 0. The summed E-state index contributed by atoms with van der Waals surface area (Å²) < 4.78 is 30.8. The van der Waals surface area contributed by atoms with Gasteiger partial charge in [-0.05, 0) is 122 Å². The number of carbonyl (C=O) groups is 2. The van der Waals surface area contributed by atoms with Gasteiger partial charge in [-0.1, -0.05) is 277 Å². The quantitative estimate of drug-likeness (QED) is 0.0205. The summed E-state index contributed by atoms with van der Waals surface area (Å²) >= 11 is 0. The number of likely N-dealkylation sites (N-methyl/N-ethyl adjacent to an activating group) is 1. The molecule has 3 atom stereocenters. The summed E-state index contributed by atoms with van der Waals surface area (Å²) in [6.45, 7) is 6.86. The molecule has 0 aliphatic heterocycles. The number of quaternary nitrogens is 1. The number of esters is 1. The molecule has 0 radical (unpaired) electrons. The molecule has 0 aliphatic carbocycles. The SMILES string of the molecule is CC/C=C\C/C=C\C/C=C\C/C=C\C/C=C\CCCCCCCCCC(=O)OC(/C=C/CCCCCCCCCCCCC)C(COP(=O)(O)OCC[N+](C)(C)C)NC(=O)CCCCCCCCC/C=C\C/C=C\C/C=C\C/C=C\CCCCC. The molecule has 0 rings (SSSR count). The van der Waals surface area contributed by atoms with E-state index in [0.717, 1.165) is 135 Å². The third-order valence-corrected chi connectivity index (χ3v) is 15.9. The van der Waals surface area contributed by atoms with Crippen LogP contribution in [0.1, 0.15) is 290 Å². The van der Waals surface area contributed by atoms with Crippen LogP contribution < -0.4 is 5.32 Å². The van der Waals surface area contributed by atoms with Crippen molar-refractivity contribution in [2.75, 3.05) is 40.9 Å². The molecule has 488 valence electrons. The van der Waals surface area contributed by atoms with Gasteiger partial charge in [0.05, 0.1) is 33.8 Å². The highest BCUT2D eigenvalue weighted by Gasteiger charge is 2.30. The fourth-order valence-corrected chi connectivity index (χ4v) is 10.3. The lowest BCUT2D eigenvalue weighted by atomic mass is 10.0. The molecule has 1 amide bonds. The Bertz CT molecular complexity index is 1870. The number of allylic oxidation sites excluding steroid dienone is 19. The van der Waals surface area contributed by atoms with E-state index in [9.17, 15) is 19.0 Å². The standard InChI is InChI=1S/C75H131N2O7P/c1-7-10-13-16-19-22-25-28-30-32-34-36-38-40-42-44-46-49-52-55-58-61-64-67-74(78)76-72(71-83-85(80,81)82-70-69-77(4,5)6)73(66-63-60-57-54-51-48-27-24-21-18-15-12-9-3)84-75(79)68-65-62-59-56-53-50-47-45-43-41-39-37-35-33-31-29-26-23-20-17-14-11-8-2/h11,14,19-20,22-23,28-31,34-37,40-43,63,66,72-73H,7-10,12-13,15-18,21,24-27,32-33,38-39,44-62,64-65,67-71H2,1-6H3,(H-,76,78,80,81)/p+1/b14-11-,22-19-,23-20-,30-28-,31-29-,36-34-,37-35-,42-40-,43-41-,66-63+. The maximum Gasteiger partial charge on any atom is 0.472 e.